The van der Waals surface area contributed by atoms with Crippen molar-refractivity contribution in [2.24, 2.45) is 0 Å². The number of nitro benzene ring substituents is 1. The first-order chi connectivity index (χ1) is 13.7. The molecule has 0 radical (unpaired) electrons. The van der Waals surface area contributed by atoms with Gasteiger partial charge in [-0.15, -0.1) is 0 Å². The molecule has 1 aliphatic rings. The van der Waals surface area contributed by atoms with Gasteiger partial charge in [-0.3, -0.25) is 29.4 Å². The van der Waals surface area contributed by atoms with Gasteiger partial charge in [0.05, 0.1) is 16.3 Å². The van der Waals surface area contributed by atoms with Crippen LogP contribution in [-0.2, 0) is 9.59 Å². The summed E-state index contributed by atoms with van der Waals surface area (Å²) >= 11 is 0. The Bertz CT molecular complexity index is 1030. The molecule has 9 nitrogen and oxygen atoms in total. The molecule has 1 unspecified atom stereocenters. The molecule has 3 rings (SSSR count). The second kappa shape index (κ2) is 7.70. The minimum Gasteiger partial charge on any atom is -0.482 e. The lowest BCUT2D eigenvalue weighted by Crippen LogP contribution is -2.49. The maximum absolute atomic E-state index is 12.8. The lowest BCUT2D eigenvalue weighted by Gasteiger charge is -2.33. The van der Waals surface area contributed by atoms with E-state index in [0.717, 1.165) is 0 Å². The van der Waals surface area contributed by atoms with Crippen LogP contribution in [0.25, 0.3) is 0 Å². The van der Waals surface area contributed by atoms with Crippen LogP contribution >= 0.6 is 0 Å². The first kappa shape index (κ1) is 20.0. The molecule has 0 bridgehead atoms. The molecular weight excluding hydrogens is 378 g/mol. The summed E-state index contributed by atoms with van der Waals surface area (Å²) in [6.07, 6.45) is 0. The third-order valence-electron chi connectivity index (χ3n) is 4.70. The SMILES string of the molecule is CC(=O)c1ccc2c(c1)N(C(C)C(=O)Nc1cc([N+](=O)[O-])ccc1C)C(=O)CO2. The summed E-state index contributed by atoms with van der Waals surface area (Å²) < 4.78 is 5.40. The van der Waals surface area contributed by atoms with E-state index in [4.69, 9.17) is 4.74 Å². The van der Waals surface area contributed by atoms with E-state index in [9.17, 15) is 24.5 Å². The van der Waals surface area contributed by atoms with Crippen LogP contribution in [0.15, 0.2) is 36.4 Å². The number of carbonyl (C=O) groups is 3. The van der Waals surface area contributed by atoms with Gasteiger partial charge in [-0.25, -0.2) is 0 Å². The second-order valence-corrected chi connectivity index (χ2v) is 6.71. The summed E-state index contributed by atoms with van der Waals surface area (Å²) in [5, 5.41) is 13.6. The van der Waals surface area contributed by atoms with Gasteiger partial charge in [-0.2, -0.15) is 0 Å². The molecule has 2 aromatic carbocycles. The van der Waals surface area contributed by atoms with Crippen LogP contribution in [0.4, 0.5) is 17.1 Å². The average Bonchev–Trinajstić information content (AvgIpc) is 2.68. The number of nitro groups is 1. The summed E-state index contributed by atoms with van der Waals surface area (Å²) in [6, 6.07) is 7.89. The van der Waals surface area contributed by atoms with E-state index < -0.39 is 22.8 Å². The van der Waals surface area contributed by atoms with E-state index in [-0.39, 0.29) is 23.8 Å². The standard InChI is InChI=1S/C20H19N3O6/c1-11-4-6-15(23(27)28)9-16(11)21-20(26)12(2)22-17-8-14(13(3)24)5-7-18(17)29-10-19(22)25/h4-9,12H,10H2,1-3H3,(H,21,26). The van der Waals surface area contributed by atoms with Crippen molar-refractivity contribution in [2.75, 3.05) is 16.8 Å². The van der Waals surface area contributed by atoms with Crippen LogP contribution in [0.5, 0.6) is 5.75 Å². The molecule has 29 heavy (non-hydrogen) atoms. The molecule has 0 fully saturated rings. The fourth-order valence-corrected chi connectivity index (χ4v) is 3.03. The fraction of sp³-hybridized carbons (Fsp3) is 0.250. The van der Waals surface area contributed by atoms with Gasteiger partial charge in [0.2, 0.25) is 5.91 Å². The molecule has 2 amide bonds. The molecule has 1 N–H and O–H groups in total. The molecule has 0 saturated heterocycles. The monoisotopic (exact) mass is 397 g/mol. The van der Waals surface area contributed by atoms with E-state index >= 15 is 0 Å². The van der Waals surface area contributed by atoms with Crippen molar-refractivity contribution in [3.8, 4) is 5.75 Å². The first-order valence-corrected chi connectivity index (χ1v) is 8.84. The highest BCUT2D eigenvalue weighted by Gasteiger charge is 2.33. The summed E-state index contributed by atoms with van der Waals surface area (Å²) in [4.78, 5) is 48.8. The normalized spacial score (nSPS) is 13.9. The number of Topliss-reactive ketones (excluding diaryl/α,β-unsaturated/α-hetero) is 1. The number of non-ortho nitro benzene ring substituents is 1. The number of amides is 2. The second-order valence-electron chi connectivity index (χ2n) is 6.71. The van der Waals surface area contributed by atoms with Gasteiger partial charge in [-0.1, -0.05) is 6.07 Å². The van der Waals surface area contributed by atoms with Crippen LogP contribution in [-0.4, -0.2) is 35.2 Å². The molecule has 0 spiro atoms. The quantitative estimate of drug-likeness (QED) is 0.471. The summed E-state index contributed by atoms with van der Waals surface area (Å²) in [7, 11) is 0. The zero-order valence-electron chi connectivity index (χ0n) is 16.1. The van der Waals surface area contributed by atoms with Crippen LogP contribution < -0.4 is 15.0 Å². The van der Waals surface area contributed by atoms with Gasteiger partial charge in [0.25, 0.3) is 11.6 Å². The molecule has 2 aromatic rings. The van der Waals surface area contributed by atoms with E-state index in [0.29, 0.717) is 22.6 Å². The third kappa shape index (κ3) is 3.93. The molecule has 1 aliphatic heterocycles. The number of hydrogen-bond acceptors (Lipinski definition) is 6. The van der Waals surface area contributed by atoms with Crippen LogP contribution in [0.1, 0.15) is 29.8 Å². The zero-order valence-corrected chi connectivity index (χ0v) is 16.1. The van der Waals surface area contributed by atoms with Crippen molar-refractivity contribution in [3.63, 3.8) is 0 Å². The van der Waals surface area contributed by atoms with Crippen LogP contribution in [0.3, 0.4) is 0 Å². The Kier molecular flexibility index (Phi) is 5.31. The molecule has 1 atom stereocenters. The highest BCUT2D eigenvalue weighted by Crippen LogP contribution is 2.35. The van der Waals surface area contributed by atoms with Crippen molar-refractivity contribution in [1.82, 2.24) is 0 Å². The number of aryl methyl sites for hydroxylation is 1. The van der Waals surface area contributed by atoms with Gasteiger partial charge < -0.3 is 10.1 Å². The van der Waals surface area contributed by atoms with Crippen molar-refractivity contribution in [1.29, 1.82) is 0 Å². The zero-order chi connectivity index (χ0) is 21.3. The van der Waals surface area contributed by atoms with Crippen molar-refractivity contribution in [3.05, 3.63) is 57.6 Å². The molecule has 150 valence electrons. The molecule has 0 saturated carbocycles. The van der Waals surface area contributed by atoms with Gasteiger partial charge in [0.1, 0.15) is 11.8 Å². The number of anilines is 2. The van der Waals surface area contributed by atoms with Crippen LogP contribution in [0.2, 0.25) is 0 Å². The number of fused-ring (bicyclic) bond motifs is 1. The third-order valence-corrected chi connectivity index (χ3v) is 4.70. The highest BCUT2D eigenvalue weighted by molar-refractivity contribution is 6.08. The maximum atomic E-state index is 12.8. The molecular formula is C20H19N3O6. The Morgan fingerprint density at radius 1 is 1.24 bits per heavy atom. The lowest BCUT2D eigenvalue weighted by atomic mass is 10.1. The maximum Gasteiger partial charge on any atom is 0.271 e. The molecule has 9 heteroatoms. The van der Waals surface area contributed by atoms with Gasteiger partial charge in [-0.05, 0) is 44.5 Å². The van der Waals surface area contributed by atoms with E-state index in [2.05, 4.69) is 5.32 Å². The van der Waals surface area contributed by atoms with E-state index in [1.807, 2.05) is 0 Å². The first-order valence-electron chi connectivity index (χ1n) is 8.84. The van der Waals surface area contributed by atoms with Crippen molar-refractivity contribution in [2.45, 2.75) is 26.8 Å². The van der Waals surface area contributed by atoms with Crippen LogP contribution in [0, 0.1) is 17.0 Å². The van der Waals surface area contributed by atoms with E-state index in [1.165, 1.54) is 43.0 Å². The average molecular weight is 397 g/mol. The number of hydrogen-bond donors (Lipinski definition) is 1. The number of ketones is 1. The summed E-state index contributed by atoms with van der Waals surface area (Å²) in [5.41, 5.74) is 1.48. The number of benzene rings is 2. The molecule has 0 aliphatic carbocycles. The number of rotatable bonds is 5. The largest absolute Gasteiger partial charge is 0.482 e. The van der Waals surface area contributed by atoms with Gasteiger partial charge in [0.15, 0.2) is 12.4 Å². The summed E-state index contributed by atoms with van der Waals surface area (Å²) in [6.45, 7) is 4.41. The Labute approximate surface area is 166 Å². The minimum atomic E-state index is -0.939. The lowest BCUT2D eigenvalue weighted by molar-refractivity contribution is -0.384. The number of nitrogens with zero attached hydrogens (tertiary/aromatic N) is 2. The predicted octanol–water partition coefficient (Wildman–Crippen LogP) is 2.86. The van der Waals surface area contributed by atoms with Gasteiger partial charge >= 0.3 is 0 Å². The predicted molar refractivity (Wildman–Crippen MR) is 105 cm³/mol. The number of nitrogens with one attached hydrogen (secondary N) is 1. The number of carbonyl (C=O) groups excluding carboxylic acids is 3. The Morgan fingerprint density at radius 2 is 1.97 bits per heavy atom. The highest BCUT2D eigenvalue weighted by atomic mass is 16.6. The molecule has 0 aromatic heterocycles. The van der Waals surface area contributed by atoms with Gasteiger partial charge in [0, 0.05) is 17.7 Å². The Balaban J connectivity index is 1.91. The topological polar surface area (TPSA) is 119 Å². The smallest absolute Gasteiger partial charge is 0.271 e. The molecule has 1 heterocycles. The van der Waals surface area contributed by atoms with E-state index in [1.54, 1.807) is 19.1 Å². The Hall–Kier alpha value is -3.75. The minimum absolute atomic E-state index is 0.155. The Morgan fingerprint density at radius 3 is 2.62 bits per heavy atom. The van der Waals surface area contributed by atoms with Crippen molar-refractivity contribution < 1.29 is 24.0 Å². The number of ether oxygens (including phenoxy) is 1. The summed E-state index contributed by atoms with van der Waals surface area (Å²) in [5.74, 6) is -0.754. The van der Waals surface area contributed by atoms with Crippen molar-refractivity contribution >= 4 is 34.7 Å². The fourth-order valence-electron chi connectivity index (χ4n) is 3.03.